The van der Waals surface area contributed by atoms with E-state index in [4.69, 9.17) is 4.74 Å². The summed E-state index contributed by atoms with van der Waals surface area (Å²) in [6.45, 7) is 5.87. The molecular weight excluding hydrogens is 301 g/mol. The van der Waals surface area contributed by atoms with Crippen molar-refractivity contribution in [3.8, 4) is 11.1 Å². The first-order valence-corrected chi connectivity index (χ1v) is 7.54. The molecule has 2 heterocycles. The van der Waals surface area contributed by atoms with Crippen molar-refractivity contribution in [3.63, 3.8) is 0 Å². The van der Waals surface area contributed by atoms with Crippen LogP contribution < -0.4 is 0 Å². The number of ether oxygens (including phenoxy) is 1. The maximum Gasteiger partial charge on any atom is 0.355 e. The number of hydrogen-bond donors (Lipinski definition) is 1. The van der Waals surface area contributed by atoms with Gasteiger partial charge in [-0.15, -0.1) is 11.3 Å². The van der Waals surface area contributed by atoms with Gasteiger partial charge in [0.1, 0.15) is 11.5 Å². The van der Waals surface area contributed by atoms with Crippen molar-refractivity contribution in [3.05, 3.63) is 53.3 Å². The van der Waals surface area contributed by atoms with Gasteiger partial charge in [-0.2, -0.15) is 0 Å². The zero-order chi connectivity index (χ0) is 15.9. The third-order valence-electron chi connectivity index (χ3n) is 3.50. The minimum absolute atomic E-state index is 0.316. The van der Waals surface area contributed by atoms with Gasteiger partial charge in [0.25, 0.3) is 0 Å². The lowest BCUT2D eigenvalue weighted by atomic mass is 10.1. The third-order valence-corrected chi connectivity index (χ3v) is 4.50. The number of H-pyrrole nitrogens is 1. The number of esters is 1. The van der Waals surface area contributed by atoms with Gasteiger partial charge in [-0.1, -0.05) is 18.7 Å². The zero-order valence-electron chi connectivity index (χ0n) is 12.2. The number of allylic oxidation sites excluding steroid dienone is 1. The number of halogens is 1. The topological polar surface area (TPSA) is 42.1 Å². The summed E-state index contributed by atoms with van der Waals surface area (Å²) in [5.74, 6) is -0.764. The summed E-state index contributed by atoms with van der Waals surface area (Å²) in [6, 6.07) is 6.07. The molecule has 112 valence electrons. The maximum atomic E-state index is 13.2. The Balaban J connectivity index is 2.32. The summed E-state index contributed by atoms with van der Waals surface area (Å²) in [5.41, 5.74) is 4.62. The lowest BCUT2D eigenvalue weighted by Crippen LogP contribution is -2.03. The number of benzene rings is 1. The second-order valence-electron chi connectivity index (χ2n) is 5.01. The first-order chi connectivity index (χ1) is 10.5. The molecule has 0 aliphatic carbocycles. The molecule has 0 fully saturated rings. The number of fused-ring (bicyclic) bond motifs is 1. The highest BCUT2D eigenvalue weighted by molar-refractivity contribution is 7.18. The minimum atomic E-state index is -0.449. The molecule has 0 saturated heterocycles. The largest absolute Gasteiger partial charge is 0.464 e. The molecule has 0 atom stereocenters. The average Bonchev–Trinajstić information content (AvgIpc) is 3.06. The Labute approximate surface area is 131 Å². The molecular formula is C17H14FNO2S. The maximum absolute atomic E-state index is 13.2. The number of carbonyl (C=O) groups excluding carboxylic acids is 1. The molecule has 3 aromatic rings. The molecule has 0 amide bonds. The normalized spacial score (nSPS) is 10.9. The van der Waals surface area contributed by atoms with Crippen molar-refractivity contribution < 1.29 is 13.9 Å². The van der Waals surface area contributed by atoms with Gasteiger partial charge < -0.3 is 9.72 Å². The lowest BCUT2D eigenvalue weighted by molar-refractivity contribution is 0.0596. The number of methoxy groups -OCH3 is 1. The van der Waals surface area contributed by atoms with Crippen molar-refractivity contribution in [2.45, 2.75) is 6.92 Å². The van der Waals surface area contributed by atoms with Gasteiger partial charge in [-0.3, -0.25) is 0 Å². The van der Waals surface area contributed by atoms with E-state index in [9.17, 15) is 9.18 Å². The Hall–Kier alpha value is -2.40. The quantitative estimate of drug-likeness (QED) is 0.702. The average molecular weight is 315 g/mol. The summed E-state index contributed by atoms with van der Waals surface area (Å²) in [6.07, 6.45) is 0. The van der Waals surface area contributed by atoms with Crippen LogP contribution in [0.2, 0.25) is 0 Å². The number of carbonyl (C=O) groups is 1. The number of rotatable bonds is 3. The van der Waals surface area contributed by atoms with Crippen molar-refractivity contribution >= 4 is 33.1 Å². The van der Waals surface area contributed by atoms with Crippen LogP contribution >= 0.6 is 11.3 Å². The molecule has 2 aromatic heterocycles. The Bertz CT molecular complexity index is 874. The van der Waals surface area contributed by atoms with Crippen LogP contribution in [0.4, 0.5) is 4.39 Å². The highest BCUT2D eigenvalue weighted by atomic mass is 32.1. The predicted molar refractivity (Wildman–Crippen MR) is 87.6 cm³/mol. The van der Waals surface area contributed by atoms with Gasteiger partial charge >= 0.3 is 5.97 Å². The van der Waals surface area contributed by atoms with Gasteiger partial charge in [0.2, 0.25) is 0 Å². The van der Waals surface area contributed by atoms with Crippen LogP contribution in [0.1, 0.15) is 23.0 Å². The summed E-state index contributed by atoms with van der Waals surface area (Å²) in [4.78, 5) is 15.2. The SMILES string of the molecule is C=C(C)c1csc2c(-c3ccc(F)cc3)c(C(=O)OC)[nH]c12. The Morgan fingerprint density at radius 2 is 2.00 bits per heavy atom. The first kappa shape index (κ1) is 14.5. The van der Waals surface area contributed by atoms with E-state index in [2.05, 4.69) is 11.6 Å². The fourth-order valence-corrected chi connectivity index (χ4v) is 3.60. The number of nitrogens with one attached hydrogen (secondary N) is 1. The third kappa shape index (κ3) is 2.23. The van der Waals surface area contributed by atoms with E-state index in [-0.39, 0.29) is 5.82 Å². The summed E-state index contributed by atoms with van der Waals surface area (Å²) in [7, 11) is 1.34. The number of aromatic amines is 1. The van der Waals surface area contributed by atoms with Crippen molar-refractivity contribution in [1.29, 1.82) is 0 Å². The predicted octanol–water partition coefficient (Wildman–Crippen LogP) is 4.86. The van der Waals surface area contributed by atoms with Gasteiger partial charge in [0.15, 0.2) is 0 Å². The number of hydrogen-bond acceptors (Lipinski definition) is 3. The van der Waals surface area contributed by atoms with E-state index >= 15 is 0 Å². The second kappa shape index (κ2) is 5.42. The minimum Gasteiger partial charge on any atom is -0.464 e. The number of thiophene rings is 1. The molecule has 3 nitrogen and oxygen atoms in total. The van der Waals surface area contributed by atoms with Gasteiger partial charge in [-0.25, -0.2) is 9.18 Å². The molecule has 1 N–H and O–H groups in total. The van der Waals surface area contributed by atoms with Gasteiger partial charge in [0, 0.05) is 16.5 Å². The van der Waals surface area contributed by atoms with Crippen LogP contribution in [0.5, 0.6) is 0 Å². The van der Waals surface area contributed by atoms with Gasteiger partial charge in [-0.05, 0) is 30.2 Å². The van der Waals surface area contributed by atoms with E-state index in [0.29, 0.717) is 5.69 Å². The van der Waals surface area contributed by atoms with Crippen LogP contribution in [-0.4, -0.2) is 18.1 Å². The molecule has 0 spiro atoms. The molecule has 0 unspecified atom stereocenters. The Kier molecular flexibility index (Phi) is 3.58. The van der Waals surface area contributed by atoms with E-state index in [1.807, 2.05) is 12.3 Å². The van der Waals surface area contributed by atoms with Crippen LogP contribution in [0, 0.1) is 5.82 Å². The molecule has 1 aromatic carbocycles. The monoisotopic (exact) mass is 315 g/mol. The van der Waals surface area contributed by atoms with Crippen LogP contribution in [0.15, 0.2) is 36.2 Å². The molecule has 22 heavy (non-hydrogen) atoms. The lowest BCUT2D eigenvalue weighted by Gasteiger charge is -2.03. The van der Waals surface area contributed by atoms with E-state index in [0.717, 1.165) is 32.5 Å². The van der Waals surface area contributed by atoms with Crippen LogP contribution in [0.25, 0.3) is 26.9 Å². The molecule has 0 radical (unpaired) electrons. The highest BCUT2D eigenvalue weighted by Gasteiger charge is 2.22. The fourth-order valence-electron chi connectivity index (χ4n) is 2.43. The summed E-state index contributed by atoms with van der Waals surface area (Å²) >= 11 is 1.52. The molecule has 0 aliphatic rings. The fraction of sp³-hybridized carbons (Fsp3) is 0.118. The summed E-state index contributed by atoms with van der Waals surface area (Å²) < 4.78 is 19.0. The van der Waals surface area contributed by atoms with Crippen molar-refractivity contribution in [2.24, 2.45) is 0 Å². The Morgan fingerprint density at radius 3 is 2.59 bits per heavy atom. The summed E-state index contributed by atoms with van der Waals surface area (Å²) in [5, 5.41) is 2.00. The van der Waals surface area contributed by atoms with Gasteiger partial charge in [0.05, 0.1) is 17.3 Å². The zero-order valence-corrected chi connectivity index (χ0v) is 13.0. The second-order valence-corrected chi connectivity index (χ2v) is 5.89. The standard InChI is InChI=1S/C17H14FNO2S/c1-9(2)12-8-22-16-13(10-4-6-11(18)7-5-10)15(17(20)21-3)19-14(12)16/h4-8,19H,1H2,2-3H3. The molecule has 0 bridgehead atoms. The molecule has 0 saturated carbocycles. The first-order valence-electron chi connectivity index (χ1n) is 6.66. The van der Waals surface area contributed by atoms with Crippen LogP contribution in [-0.2, 0) is 4.74 Å². The highest BCUT2D eigenvalue weighted by Crippen LogP contribution is 2.40. The Morgan fingerprint density at radius 1 is 1.32 bits per heavy atom. The van der Waals surface area contributed by atoms with Crippen molar-refractivity contribution in [1.82, 2.24) is 4.98 Å². The smallest absolute Gasteiger partial charge is 0.355 e. The molecule has 5 heteroatoms. The van der Waals surface area contributed by atoms with E-state index in [1.54, 1.807) is 12.1 Å². The molecule has 3 rings (SSSR count). The van der Waals surface area contributed by atoms with E-state index in [1.165, 1.54) is 30.6 Å². The van der Waals surface area contributed by atoms with E-state index < -0.39 is 5.97 Å². The van der Waals surface area contributed by atoms with Crippen molar-refractivity contribution in [2.75, 3.05) is 7.11 Å². The molecule has 0 aliphatic heterocycles. The number of aromatic nitrogens is 1. The van der Waals surface area contributed by atoms with Crippen LogP contribution in [0.3, 0.4) is 0 Å².